The number of nitrogens with two attached hydrogens (primary N) is 1. The van der Waals surface area contributed by atoms with Gasteiger partial charge >= 0.3 is 0 Å². The zero-order valence-corrected chi connectivity index (χ0v) is 13.2. The van der Waals surface area contributed by atoms with Gasteiger partial charge < -0.3 is 11.1 Å². The number of nitrogens with zero attached hydrogens (tertiary/aromatic N) is 2. The molecule has 2 heterocycles. The first-order valence-electron chi connectivity index (χ1n) is 6.28. The van der Waals surface area contributed by atoms with E-state index in [-0.39, 0.29) is 0 Å². The van der Waals surface area contributed by atoms with E-state index >= 15 is 0 Å². The van der Waals surface area contributed by atoms with E-state index in [4.69, 9.17) is 5.73 Å². The molecule has 0 saturated carbocycles. The Morgan fingerprint density at radius 1 is 1.32 bits per heavy atom. The zero-order chi connectivity index (χ0) is 13.7. The van der Waals surface area contributed by atoms with Gasteiger partial charge in [0.1, 0.15) is 18.0 Å². The Kier molecular flexibility index (Phi) is 5.15. The average Bonchev–Trinajstić information content (AvgIpc) is 2.79. The fourth-order valence-electron chi connectivity index (χ4n) is 1.86. The number of anilines is 2. The van der Waals surface area contributed by atoms with Gasteiger partial charge in [0.25, 0.3) is 0 Å². The highest BCUT2D eigenvalue weighted by atomic mass is 79.9. The highest BCUT2D eigenvalue weighted by molar-refractivity contribution is 9.11. The second-order valence-corrected chi connectivity index (χ2v) is 6.77. The first kappa shape index (κ1) is 14.3. The molecule has 2 rings (SSSR count). The van der Waals surface area contributed by atoms with Crippen molar-refractivity contribution in [1.29, 1.82) is 0 Å². The second-order valence-electron chi connectivity index (χ2n) is 4.22. The summed E-state index contributed by atoms with van der Waals surface area (Å²) in [6.07, 6.45) is 4.42. The van der Waals surface area contributed by atoms with E-state index in [0.29, 0.717) is 5.82 Å². The zero-order valence-electron chi connectivity index (χ0n) is 10.8. The maximum absolute atomic E-state index is 5.90. The molecule has 0 spiro atoms. The van der Waals surface area contributed by atoms with Gasteiger partial charge in [0.15, 0.2) is 0 Å². The normalized spacial score (nSPS) is 10.6. The maximum atomic E-state index is 5.90. The lowest BCUT2D eigenvalue weighted by molar-refractivity contribution is 0.899. The minimum absolute atomic E-state index is 0.582. The van der Waals surface area contributed by atoms with E-state index in [2.05, 4.69) is 50.3 Å². The third-order valence-corrected chi connectivity index (χ3v) is 4.45. The van der Waals surface area contributed by atoms with E-state index in [1.165, 1.54) is 15.0 Å². The van der Waals surface area contributed by atoms with Crippen molar-refractivity contribution in [1.82, 2.24) is 9.97 Å². The Balaban J connectivity index is 1.97. The summed E-state index contributed by atoms with van der Waals surface area (Å²) >= 11 is 5.23. The van der Waals surface area contributed by atoms with E-state index < -0.39 is 0 Å². The highest BCUT2D eigenvalue weighted by Crippen LogP contribution is 2.23. The molecule has 102 valence electrons. The summed E-state index contributed by atoms with van der Waals surface area (Å²) in [5, 5.41) is 3.36. The van der Waals surface area contributed by atoms with E-state index in [0.717, 1.165) is 37.2 Å². The van der Waals surface area contributed by atoms with Crippen LogP contribution >= 0.6 is 27.3 Å². The summed E-state index contributed by atoms with van der Waals surface area (Å²) < 4.78 is 1.17. The molecular weight excluding hydrogens is 324 g/mol. The quantitative estimate of drug-likeness (QED) is 0.844. The molecule has 2 aromatic heterocycles. The van der Waals surface area contributed by atoms with E-state index in [1.807, 2.05) is 0 Å². The van der Waals surface area contributed by atoms with Crippen LogP contribution in [0.15, 0.2) is 22.2 Å². The minimum Gasteiger partial charge on any atom is -0.383 e. The van der Waals surface area contributed by atoms with Crippen molar-refractivity contribution in [3.63, 3.8) is 0 Å². The van der Waals surface area contributed by atoms with Gasteiger partial charge in [0, 0.05) is 17.0 Å². The Morgan fingerprint density at radius 3 is 2.84 bits per heavy atom. The summed E-state index contributed by atoms with van der Waals surface area (Å²) in [5.41, 5.74) is 6.92. The van der Waals surface area contributed by atoms with Crippen LogP contribution in [0.5, 0.6) is 0 Å². The Labute approximate surface area is 125 Å². The van der Waals surface area contributed by atoms with E-state index in [1.54, 1.807) is 11.3 Å². The molecule has 0 aromatic carbocycles. The number of halogens is 1. The molecule has 0 aliphatic rings. The van der Waals surface area contributed by atoms with Crippen LogP contribution in [-0.2, 0) is 12.8 Å². The number of rotatable bonds is 6. The molecule has 19 heavy (non-hydrogen) atoms. The second kappa shape index (κ2) is 6.86. The van der Waals surface area contributed by atoms with Crippen molar-refractivity contribution in [2.24, 2.45) is 0 Å². The standard InChI is InChI=1S/C13H17BrN4S/c1-2-3-10-12(15)17-8-18-13(10)16-7-6-9-4-5-11(14)19-9/h4-5,8H,2-3,6-7H2,1H3,(H3,15,16,17,18). The van der Waals surface area contributed by atoms with Crippen molar-refractivity contribution in [3.8, 4) is 0 Å². The van der Waals surface area contributed by atoms with Gasteiger partial charge in [-0.05, 0) is 40.9 Å². The molecule has 0 saturated heterocycles. The summed E-state index contributed by atoms with van der Waals surface area (Å²) in [6.45, 7) is 2.97. The van der Waals surface area contributed by atoms with Gasteiger partial charge in [-0.25, -0.2) is 9.97 Å². The van der Waals surface area contributed by atoms with Crippen molar-refractivity contribution >= 4 is 38.9 Å². The predicted octanol–water partition coefficient (Wildman–Crippen LogP) is 3.49. The lowest BCUT2D eigenvalue weighted by Gasteiger charge is -2.11. The van der Waals surface area contributed by atoms with E-state index in [9.17, 15) is 0 Å². The molecule has 0 fully saturated rings. The fraction of sp³-hybridized carbons (Fsp3) is 0.385. The van der Waals surface area contributed by atoms with Crippen molar-refractivity contribution in [2.75, 3.05) is 17.6 Å². The van der Waals surface area contributed by atoms with Crippen molar-refractivity contribution < 1.29 is 0 Å². The Bertz CT molecular complexity index is 541. The van der Waals surface area contributed by atoms with Crippen LogP contribution < -0.4 is 11.1 Å². The van der Waals surface area contributed by atoms with Gasteiger partial charge in [0.05, 0.1) is 3.79 Å². The topological polar surface area (TPSA) is 63.8 Å². The van der Waals surface area contributed by atoms with Gasteiger partial charge in [-0.3, -0.25) is 0 Å². The first-order valence-corrected chi connectivity index (χ1v) is 7.89. The number of thiophene rings is 1. The molecule has 3 N–H and O–H groups in total. The molecule has 0 unspecified atom stereocenters. The van der Waals surface area contributed by atoms with Gasteiger partial charge in [-0.1, -0.05) is 13.3 Å². The van der Waals surface area contributed by atoms with Crippen LogP contribution in [0, 0.1) is 0 Å². The lowest BCUT2D eigenvalue weighted by atomic mass is 10.1. The molecule has 2 aromatic rings. The van der Waals surface area contributed by atoms with Crippen LogP contribution in [0.4, 0.5) is 11.6 Å². The predicted molar refractivity (Wildman–Crippen MR) is 84.7 cm³/mol. The molecular formula is C13H17BrN4S. The number of hydrogen-bond acceptors (Lipinski definition) is 5. The van der Waals surface area contributed by atoms with Crippen LogP contribution in [0.3, 0.4) is 0 Å². The third kappa shape index (κ3) is 3.91. The Morgan fingerprint density at radius 2 is 2.16 bits per heavy atom. The monoisotopic (exact) mass is 340 g/mol. The fourth-order valence-corrected chi connectivity index (χ4v) is 3.35. The molecule has 6 heteroatoms. The number of hydrogen-bond donors (Lipinski definition) is 2. The third-order valence-electron chi connectivity index (χ3n) is 2.77. The van der Waals surface area contributed by atoms with Crippen LogP contribution in [0.1, 0.15) is 23.8 Å². The Hall–Kier alpha value is -1.14. The molecule has 0 aliphatic carbocycles. The van der Waals surface area contributed by atoms with Crippen LogP contribution in [0.25, 0.3) is 0 Å². The number of nitrogen functional groups attached to an aromatic ring is 1. The summed E-state index contributed by atoms with van der Waals surface area (Å²) in [4.78, 5) is 9.68. The van der Waals surface area contributed by atoms with Gasteiger partial charge in [-0.15, -0.1) is 11.3 Å². The van der Waals surface area contributed by atoms with Crippen LogP contribution in [-0.4, -0.2) is 16.5 Å². The molecule has 4 nitrogen and oxygen atoms in total. The van der Waals surface area contributed by atoms with Gasteiger partial charge in [-0.2, -0.15) is 0 Å². The molecule has 0 aliphatic heterocycles. The number of aromatic nitrogens is 2. The summed E-state index contributed by atoms with van der Waals surface area (Å²) in [5.74, 6) is 1.45. The maximum Gasteiger partial charge on any atom is 0.134 e. The lowest BCUT2D eigenvalue weighted by Crippen LogP contribution is -2.10. The molecule has 0 radical (unpaired) electrons. The van der Waals surface area contributed by atoms with Crippen molar-refractivity contribution in [2.45, 2.75) is 26.2 Å². The summed E-state index contributed by atoms with van der Waals surface area (Å²) in [6, 6.07) is 4.21. The number of nitrogens with one attached hydrogen (secondary N) is 1. The van der Waals surface area contributed by atoms with Crippen molar-refractivity contribution in [3.05, 3.63) is 32.7 Å². The molecule has 0 bridgehead atoms. The smallest absolute Gasteiger partial charge is 0.134 e. The van der Waals surface area contributed by atoms with Gasteiger partial charge in [0.2, 0.25) is 0 Å². The first-order chi connectivity index (χ1) is 9.20. The summed E-state index contributed by atoms with van der Waals surface area (Å²) in [7, 11) is 0. The SMILES string of the molecule is CCCc1c(N)ncnc1NCCc1ccc(Br)s1. The minimum atomic E-state index is 0.582. The molecule has 0 atom stereocenters. The van der Waals surface area contributed by atoms with Crippen LogP contribution in [0.2, 0.25) is 0 Å². The highest BCUT2D eigenvalue weighted by Gasteiger charge is 2.08. The molecule has 0 amide bonds. The largest absolute Gasteiger partial charge is 0.383 e. The average molecular weight is 341 g/mol.